The minimum absolute atomic E-state index is 0.0474. The Morgan fingerprint density at radius 3 is 1.89 bits per heavy atom. The predicted molar refractivity (Wildman–Crippen MR) is 216 cm³/mol. The Bertz CT molecular complexity index is 2340. The molecule has 4 amide bonds. The molecule has 0 radical (unpaired) electrons. The van der Waals surface area contributed by atoms with Gasteiger partial charge in [0.1, 0.15) is 18.2 Å². The number of hydrogen-bond acceptors (Lipinski definition) is 7. The molecule has 4 aromatic carbocycles. The summed E-state index contributed by atoms with van der Waals surface area (Å²) in [7, 11) is 3.26. The van der Waals surface area contributed by atoms with Crippen molar-refractivity contribution in [2.24, 2.45) is 0 Å². The van der Waals surface area contributed by atoms with Crippen molar-refractivity contribution in [3.63, 3.8) is 0 Å². The number of urea groups is 2. The van der Waals surface area contributed by atoms with Gasteiger partial charge in [-0.1, -0.05) is 59.6 Å². The number of hydrogen-bond donors (Lipinski definition) is 3. The number of rotatable bonds is 11. The van der Waals surface area contributed by atoms with Crippen LogP contribution in [0.15, 0.2) is 97.3 Å². The highest BCUT2D eigenvalue weighted by molar-refractivity contribution is 6.31. The molecule has 2 aromatic heterocycles. The number of nitrogens with one attached hydrogen (secondary N) is 2. The number of fused-ring (bicyclic) bond motifs is 2. The predicted octanol–water partition coefficient (Wildman–Crippen LogP) is 9.71. The number of aliphatic hydroxyl groups excluding tert-OH is 1. The molecule has 6 aromatic rings. The second-order valence-electron chi connectivity index (χ2n) is 12.4. The topological polar surface area (TPSA) is 129 Å². The Kier molecular flexibility index (Phi) is 14.2. The van der Waals surface area contributed by atoms with Crippen LogP contribution in [0.25, 0.3) is 21.5 Å². The molecule has 6 rings (SSSR count). The van der Waals surface area contributed by atoms with Gasteiger partial charge in [-0.25, -0.2) is 28.3 Å². The fourth-order valence-corrected chi connectivity index (χ4v) is 6.13. The van der Waals surface area contributed by atoms with Crippen molar-refractivity contribution in [1.29, 1.82) is 0 Å². The summed E-state index contributed by atoms with van der Waals surface area (Å²) in [6.45, 7) is 4.61. The van der Waals surface area contributed by atoms with Crippen molar-refractivity contribution in [2.75, 3.05) is 44.5 Å². The van der Waals surface area contributed by atoms with E-state index in [1.807, 2.05) is 62.4 Å². The Labute approximate surface area is 332 Å². The van der Waals surface area contributed by atoms with Crippen LogP contribution in [-0.4, -0.2) is 70.9 Å². The van der Waals surface area contributed by atoms with E-state index in [4.69, 9.17) is 37.8 Å². The lowest BCUT2D eigenvalue weighted by atomic mass is 10.0. The van der Waals surface area contributed by atoms with E-state index in [1.165, 1.54) is 36.4 Å². The average molecular weight is 806 g/mol. The molecule has 0 aliphatic heterocycles. The van der Waals surface area contributed by atoms with Gasteiger partial charge in [0.25, 0.3) is 0 Å². The van der Waals surface area contributed by atoms with Gasteiger partial charge in [0.05, 0.1) is 29.8 Å². The average Bonchev–Trinajstić information content (AvgIpc) is 3.21. The van der Waals surface area contributed by atoms with Gasteiger partial charge < -0.3 is 35.0 Å². The van der Waals surface area contributed by atoms with Crippen molar-refractivity contribution in [1.82, 2.24) is 19.8 Å². The van der Waals surface area contributed by atoms with Crippen LogP contribution in [0.5, 0.6) is 11.8 Å². The van der Waals surface area contributed by atoms with Gasteiger partial charge in [0.2, 0.25) is 11.8 Å². The fourth-order valence-electron chi connectivity index (χ4n) is 5.77. The van der Waals surface area contributed by atoms with Crippen molar-refractivity contribution >= 4 is 68.2 Å². The number of aromatic nitrogens is 2. The zero-order chi connectivity index (χ0) is 40.4. The van der Waals surface area contributed by atoms with E-state index in [0.717, 1.165) is 32.7 Å². The van der Waals surface area contributed by atoms with Gasteiger partial charge in [0, 0.05) is 60.2 Å². The quantitative estimate of drug-likeness (QED) is 0.119. The standard InChI is InChI=1S/C21H21ClFN3O3.C20H19ClFN3O2/c1-2-26(21(28)25-15-7-8-19(23)18(22)11-15)13-14-12-24-20(29-10-9-27)17-6-4-3-5-16(14)17;1-12(16-11-23-19(27-3)15-7-5-4-6-14(15)16)25(2)20(26)24-13-8-9-18(22)17(21)10-13/h3-8,11-12,27H,2,9-10,13H2,1H3,(H,25,28);4-12H,1-3H3,(H,24,26). The van der Waals surface area contributed by atoms with Crippen LogP contribution in [0.1, 0.15) is 31.0 Å². The van der Waals surface area contributed by atoms with E-state index in [1.54, 1.807) is 36.4 Å². The normalized spacial score (nSPS) is 11.3. The number of aliphatic hydroxyl groups is 1. The highest BCUT2D eigenvalue weighted by atomic mass is 35.5. The minimum atomic E-state index is -0.543. The molecule has 0 aliphatic carbocycles. The number of carbonyl (C=O) groups excluding carboxylic acids is 2. The van der Waals surface area contributed by atoms with Gasteiger partial charge in [-0.3, -0.25) is 0 Å². The third-order valence-corrected chi connectivity index (χ3v) is 9.46. The maximum Gasteiger partial charge on any atom is 0.322 e. The molecule has 15 heteroatoms. The van der Waals surface area contributed by atoms with Crippen molar-refractivity contribution < 1.29 is 33.0 Å². The first-order chi connectivity index (χ1) is 26.9. The smallest absolute Gasteiger partial charge is 0.322 e. The van der Waals surface area contributed by atoms with Gasteiger partial charge in [-0.15, -0.1) is 0 Å². The molecule has 2 heterocycles. The Morgan fingerprint density at radius 2 is 1.34 bits per heavy atom. The number of pyridine rings is 2. The number of amides is 4. The van der Waals surface area contributed by atoms with E-state index < -0.39 is 11.6 Å². The van der Waals surface area contributed by atoms with Crippen LogP contribution >= 0.6 is 23.2 Å². The Hall–Kier alpha value is -5.76. The van der Waals surface area contributed by atoms with Crippen LogP contribution in [0.3, 0.4) is 0 Å². The van der Waals surface area contributed by atoms with E-state index in [2.05, 4.69) is 20.6 Å². The molecule has 1 atom stereocenters. The summed E-state index contributed by atoms with van der Waals surface area (Å²) in [5.74, 6) is -0.105. The van der Waals surface area contributed by atoms with Gasteiger partial charge in [-0.05, 0) is 78.7 Å². The Morgan fingerprint density at radius 1 is 0.804 bits per heavy atom. The molecule has 0 fully saturated rings. The lowest BCUT2D eigenvalue weighted by molar-refractivity contribution is 0.198. The molecular weight excluding hydrogens is 765 g/mol. The number of halogens is 4. The van der Waals surface area contributed by atoms with E-state index in [9.17, 15) is 18.4 Å². The second kappa shape index (κ2) is 19.2. The maximum atomic E-state index is 13.3. The van der Waals surface area contributed by atoms with Crippen LogP contribution in [0, 0.1) is 11.6 Å². The molecule has 0 bridgehead atoms. The number of anilines is 2. The summed E-state index contributed by atoms with van der Waals surface area (Å²) in [4.78, 5) is 37.2. The van der Waals surface area contributed by atoms with E-state index in [-0.39, 0.29) is 41.4 Å². The van der Waals surface area contributed by atoms with Gasteiger partial charge in [0.15, 0.2) is 0 Å². The molecule has 292 valence electrons. The summed E-state index contributed by atoms with van der Waals surface area (Å²) in [6, 6.07) is 22.5. The molecular formula is C41H40Cl2F2N6O5. The summed E-state index contributed by atoms with van der Waals surface area (Å²) in [5, 5.41) is 17.9. The highest BCUT2D eigenvalue weighted by Gasteiger charge is 2.22. The number of nitrogens with zero attached hydrogens (tertiary/aromatic N) is 4. The molecule has 0 saturated carbocycles. The molecule has 11 nitrogen and oxygen atoms in total. The zero-order valence-electron chi connectivity index (χ0n) is 31.0. The number of benzene rings is 4. The fraction of sp³-hybridized carbons (Fsp3) is 0.220. The molecule has 3 N–H and O–H groups in total. The van der Waals surface area contributed by atoms with E-state index in [0.29, 0.717) is 36.2 Å². The maximum absolute atomic E-state index is 13.3. The molecule has 0 saturated heterocycles. The Balaban J connectivity index is 0.000000215. The van der Waals surface area contributed by atoms with Gasteiger partial charge >= 0.3 is 12.1 Å². The first kappa shape index (κ1) is 41.4. The number of methoxy groups -OCH3 is 1. The third-order valence-electron chi connectivity index (χ3n) is 8.88. The molecule has 0 spiro atoms. The van der Waals surface area contributed by atoms with Crippen LogP contribution in [0.2, 0.25) is 10.0 Å². The molecule has 1 unspecified atom stereocenters. The van der Waals surface area contributed by atoms with Crippen molar-refractivity contribution in [2.45, 2.75) is 26.4 Å². The van der Waals surface area contributed by atoms with E-state index >= 15 is 0 Å². The summed E-state index contributed by atoms with van der Waals surface area (Å²) in [5.41, 5.74) is 2.58. The lowest BCUT2D eigenvalue weighted by Gasteiger charge is -2.26. The second-order valence-corrected chi connectivity index (χ2v) is 13.2. The number of ether oxygens (including phenoxy) is 2. The largest absolute Gasteiger partial charge is 0.481 e. The third kappa shape index (κ3) is 9.91. The molecule has 0 aliphatic rings. The lowest BCUT2D eigenvalue weighted by Crippen LogP contribution is -2.34. The first-order valence-corrected chi connectivity index (χ1v) is 18.2. The monoisotopic (exact) mass is 804 g/mol. The SMILES string of the molecule is CCN(Cc1cnc(OCCO)c2ccccc12)C(=O)Nc1ccc(F)c(Cl)c1.COc1ncc(C(C)N(C)C(=O)Nc2ccc(F)c(Cl)c2)c2ccccc12. The van der Waals surface area contributed by atoms with Gasteiger partial charge in [-0.2, -0.15) is 0 Å². The van der Waals surface area contributed by atoms with Crippen molar-refractivity contribution in [3.8, 4) is 11.8 Å². The van der Waals surface area contributed by atoms with Crippen LogP contribution in [-0.2, 0) is 6.54 Å². The first-order valence-electron chi connectivity index (χ1n) is 17.5. The minimum Gasteiger partial charge on any atom is -0.481 e. The summed E-state index contributed by atoms with van der Waals surface area (Å²) >= 11 is 11.6. The van der Waals surface area contributed by atoms with Crippen molar-refractivity contribution in [3.05, 3.63) is 130 Å². The van der Waals surface area contributed by atoms with Crippen LogP contribution < -0.4 is 20.1 Å². The summed E-state index contributed by atoms with van der Waals surface area (Å²) in [6.07, 6.45) is 3.38. The number of carbonyl (C=O) groups is 2. The highest BCUT2D eigenvalue weighted by Crippen LogP contribution is 2.32. The molecule has 56 heavy (non-hydrogen) atoms. The summed E-state index contributed by atoms with van der Waals surface area (Å²) < 4.78 is 37.4. The van der Waals surface area contributed by atoms with Crippen LogP contribution in [0.4, 0.5) is 29.7 Å². The zero-order valence-corrected chi connectivity index (χ0v) is 32.5.